The van der Waals surface area contributed by atoms with Crippen LogP contribution < -0.4 is 15.4 Å². The zero-order valence-corrected chi connectivity index (χ0v) is 14.9. The lowest BCUT2D eigenvalue weighted by Crippen LogP contribution is -2.14. The van der Waals surface area contributed by atoms with E-state index in [4.69, 9.17) is 4.74 Å². The average Bonchev–Trinajstić information content (AvgIpc) is 2.70. The highest BCUT2D eigenvalue weighted by atomic mass is 19.1. The van der Waals surface area contributed by atoms with Gasteiger partial charge in [-0.3, -0.25) is 9.78 Å². The SMILES string of the molecule is COc1ccc(CCNc2ccnc(C(=O)Nc3ccc(F)cc3)c2)cc1. The summed E-state index contributed by atoms with van der Waals surface area (Å²) in [7, 11) is 1.64. The van der Waals surface area contributed by atoms with Gasteiger partial charge in [0.25, 0.3) is 5.91 Å². The summed E-state index contributed by atoms with van der Waals surface area (Å²) in [5.41, 5.74) is 2.80. The summed E-state index contributed by atoms with van der Waals surface area (Å²) in [5, 5.41) is 5.99. The van der Waals surface area contributed by atoms with Crippen molar-refractivity contribution in [3.05, 3.63) is 83.9 Å². The molecule has 0 aliphatic heterocycles. The van der Waals surface area contributed by atoms with Gasteiger partial charge in [0.15, 0.2) is 0 Å². The van der Waals surface area contributed by atoms with Crippen molar-refractivity contribution in [2.75, 3.05) is 24.3 Å². The van der Waals surface area contributed by atoms with Gasteiger partial charge in [-0.25, -0.2) is 4.39 Å². The standard InChI is InChI=1S/C21H20FN3O2/c1-27-19-8-2-15(3-9-19)10-12-23-18-11-13-24-20(14-18)21(26)25-17-6-4-16(22)5-7-17/h2-9,11,13-14H,10,12H2,1H3,(H,23,24)(H,25,26). The molecule has 1 aromatic heterocycles. The molecule has 0 saturated heterocycles. The maximum atomic E-state index is 12.9. The molecule has 0 spiro atoms. The van der Waals surface area contributed by atoms with Crippen molar-refractivity contribution in [2.45, 2.75) is 6.42 Å². The second kappa shape index (κ2) is 8.80. The fourth-order valence-electron chi connectivity index (χ4n) is 2.54. The van der Waals surface area contributed by atoms with Crippen LogP contribution in [0.25, 0.3) is 0 Å². The second-order valence-electron chi connectivity index (χ2n) is 5.92. The Balaban J connectivity index is 1.56. The number of methoxy groups -OCH3 is 1. The molecule has 0 aliphatic carbocycles. The molecule has 2 N–H and O–H groups in total. The highest BCUT2D eigenvalue weighted by Gasteiger charge is 2.08. The van der Waals surface area contributed by atoms with Gasteiger partial charge < -0.3 is 15.4 Å². The molecule has 3 aromatic rings. The molecule has 0 saturated carbocycles. The van der Waals surface area contributed by atoms with Gasteiger partial charge in [0.05, 0.1) is 7.11 Å². The van der Waals surface area contributed by atoms with E-state index in [9.17, 15) is 9.18 Å². The van der Waals surface area contributed by atoms with Crippen LogP contribution in [-0.2, 0) is 6.42 Å². The number of nitrogens with zero attached hydrogens (tertiary/aromatic N) is 1. The number of amides is 1. The van der Waals surface area contributed by atoms with Crippen molar-refractivity contribution in [2.24, 2.45) is 0 Å². The number of halogens is 1. The van der Waals surface area contributed by atoms with E-state index >= 15 is 0 Å². The van der Waals surface area contributed by atoms with E-state index in [2.05, 4.69) is 15.6 Å². The van der Waals surface area contributed by atoms with E-state index in [1.807, 2.05) is 30.3 Å². The molecule has 6 heteroatoms. The number of nitrogens with one attached hydrogen (secondary N) is 2. The maximum absolute atomic E-state index is 12.9. The number of aromatic nitrogens is 1. The summed E-state index contributed by atoms with van der Waals surface area (Å²) < 4.78 is 18.1. The van der Waals surface area contributed by atoms with Gasteiger partial charge in [0.2, 0.25) is 0 Å². The van der Waals surface area contributed by atoms with Gasteiger partial charge >= 0.3 is 0 Å². The quantitative estimate of drug-likeness (QED) is 0.661. The minimum Gasteiger partial charge on any atom is -0.497 e. The van der Waals surface area contributed by atoms with Crippen LogP contribution in [0, 0.1) is 5.82 Å². The van der Waals surface area contributed by atoms with Gasteiger partial charge in [-0.05, 0) is 60.5 Å². The number of hydrogen-bond donors (Lipinski definition) is 2. The number of anilines is 2. The molecule has 0 bridgehead atoms. The molecule has 138 valence electrons. The Morgan fingerprint density at radius 2 is 1.78 bits per heavy atom. The minimum absolute atomic E-state index is 0.286. The summed E-state index contributed by atoms with van der Waals surface area (Å²) in [4.78, 5) is 16.4. The first-order valence-corrected chi connectivity index (χ1v) is 8.54. The number of benzene rings is 2. The molecule has 0 unspecified atom stereocenters. The van der Waals surface area contributed by atoms with Gasteiger partial charge in [-0.1, -0.05) is 12.1 Å². The molecular weight excluding hydrogens is 345 g/mol. The van der Waals surface area contributed by atoms with E-state index in [0.29, 0.717) is 5.69 Å². The van der Waals surface area contributed by atoms with Gasteiger partial charge in [-0.2, -0.15) is 0 Å². The normalized spacial score (nSPS) is 10.3. The largest absolute Gasteiger partial charge is 0.497 e. The molecule has 27 heavy (non-hydrogen) atoms. The van der Waals surface area contributed by atoms with Crippen molar-refractivity contribution in [1.82, 2.24) is 4.98 Å². The third-order valence-electron chi connectivity index (χ3n) is 4.00. The van der Waals surface area contributed by atoms with E-state index < -0.39 is 0 Å². The molecule has 0 atom stereocenters. The lowest BCUT2D eigenvalue weighted by Gasteiger charge is -2.09. The smallest absolute Gasteiger partial charge is 0.274 e. The van der Waals surface area contributed by atoms with E-state index in [-0.39, 0.29) is 17.4 Å². The lowest BCUT2D eigenvalue weighted by atomic mass is 10.1. The number of carbonyl (C=O) groups excluding carboxylic acids is 1. The predicted molar refractivity (Wildman–Crippen MR) is 104 cm³/mol. The summed E-state index contributed by atoms with van der Waals surface area (Å²) >= 11 is 0. The van der Waals surface area contributed by atoms with Crippen LogP contribution in [-0.4, -0.2) is 24.5 Å². The topological polar surface area (TPSA) is 63.2 Å². The number of ether oxygens (including phenoxy) is 1. The Kier molecular flexibility index (Phi) is 5.99. The number of pyridine rings is 1. The molecule has 5 nitrogen and oxygen atoms in total. The highest BCUT2D eigenvalue weighted by molar-refractivity contribution is 6.03. The first-order chi connectivity index (χ1) is 13.1. The fraction of sp³-hybridized carbons (Fsp3) is 0.143. The molecule has 0 aliphatic rings. The summed E-state index contributed by atoms with van der Waals surface area (Å²) in [5.74, 6) is 0.132. The van der Waals surface area contributed by atoms with E-state index in [0.717, 1.165) is 24.4 Å². The third kappa shape index (κ3) is 5.28. The highest BCUT2D eigenvalue weighted by Crippen LogP contribution is 2.14. The number of hydrogen-bond acceptors (Lipinski definition) is 4. The van der Waals surface area contributed by atoms with Crippen molar-refractivity contribution in [3.8, 4) is 5.75 Å². The summed E-state index contributed by atoms with van der Waals surface area (Å²) in [6, 6.07) is 17.0. The predicted octanol–water partition coefficient (Wildman–Crippen LogP) is 4.14. The van der Waals surface area contributed by atoms with Gasteiger partial charge in [-0.15, -0.1) is 0 Å². The van der Waals surface area contributed by atoms with Crippen LogP contribution in [0.1, 0.15) is 16.1 Å². The Hall–Kier alpha value is -3.41. The maximum Gasteiger partial charge on any atom is 0.274 e. The lowest BCUT2D eigenvalue weighted by molar-refractivity contribution is 0.102. The Labute approximate surface area is 157 Å². The number of carbonyl (C=O) groups is 1. The molecule has 1 heterocycles. The second-order valence-corrected chi connectivity index (χ2v) is 5.92. The third-order valence-corrected chi connectivity index (χ3v) is 4.00. The minimum atomic E-state index is -0.353. The monoisotopic (exact) mass is 365 g/mol. The van der Waals surface area contributed by atoms with E-state index in [1.165, 1.54) is 29.8 Å². The molecule has 2 aromatic carbocycles. The zero-order valence-electron chi connectivity index (χ0n) is 14.9. The Morgan fingerprint density at radius 3 is 2.48 bits per heavy atom. The molecular formula is C21H20FN3O2. The van der Waals surface area contributed by atoms with Gasteiger partial charge in [0, 0.05) is 24.1 Å². The fourth-order valence-corrected chi connectivity index (χ4v) is 2.54. The summed E-state index contributed by atoms with van der Waals surface area (Å²) in [6.45, 7) is 0.718. The van der Waals surface area contributed by atoms with Crippen molar-refractivity contribution < 1.29 is 13.9 Å². The van der Waals surface area contributed by atoms with E-state index in [1.54, 1.807) is 19.4 Å². The average molecular weight is 365 g/mol. The molecule has 1 amide bonds. The van der Waals surface area contributed by atoms with Crippen LogP contribution in [0.4, 0.5) is 15.8 Å². The number of rotatable bonds is 7. The van der Waals surface area contributed by atoms with Crippen LogP contribution in [0.3, 0.4) is 0 Å². The Bertz CT molecular complexity index is 896. The molecule has 0 fully saturated rings. The zero-order chi connectivity index (χ0) is 19.1. The first-order valence-electron chi connectivity index (χ1n) is 8.54. The Morgan fingerprint density at radius 1 is 1.04 bits per heavy atom. The van der Waals surface area contributed by atoms with Crippen LogP contribution in [0.2, 0.25) is 0 Å². The van der Waals surface area contributed by atoms with Crippen molar-refractivity contribution in [3.63, 3.8) is 0 Å². The van der Waals surface area contributed by atoms with Crippen LogP contribution >= 0.6 is 0 Å². The summed E-state index contributed by atoms with van der Waals surface area (Å²) in [6.07, 6.45) is 2.42. The molecule has 0 radical (unpaired) electrons. The molecule has 3 rings (SSSR count). The van der Waals surface area contributed by atoms with Crippen molar-refractivity contribution in [1.29, 1.82) is 0 Å². The van der Waals surface area contributed by atoms with Crippen LogP contribution in [0.15, 0.2) is 66.9 Å². The first kappa shape index (κ1) is 18.4. The van der Waals surface area contributed by atoms with Crippen molar-refractivity contribution >= 4 is 17.3 Å². The van der Waals surface area contributed by atoms with Crippen LogP contribution in [0.5, 0.6) is 5.75 Å². The van der Waals surface area contributed by atoms with Gasteiger partial charge in [0.1, 0.15) is 17.3 Å².